The number of nitrogens with zero attached hydrogens (tertiary/aromatic N) is 2. The molecule has 0 unspecified atom stereocenters. The van der Waals surface area contributed by atoms with E-state index in [1.807, 2.05) is 4.90 Å². The maximum Gasteiger partial charge on any atom is 0.416 e. The zero-order chi connectivity index (χ0) is 24.3. The predicted molar refractivity (Wildman–Crippen MR) is 123 cm³/mol. The van der Waals surface area contributed by atoms with Crippen molar-refractivity contribution in [1.29, 1.82) is 0 Å². The van der Waals surface area contributed by atoms with Gasteiger partial charge in [0.1, 0.15) is 10.7 Å². The average Bonchev–Trinajstić information content (AvgIpc) is 3.34. The molecule has 0 radical (unpaired) electrons. The van der Waals surface area contributed by atoms with Crippen LogP contribution in [-0.4, -0.2) is 51.4 Å². The first-order valence-corrected chi connectivity index (χ1v) is 11.2. The number of carbonyl (C=O) groups excluding carboxylic acids is 1. The standard InChI is InChI=1S/C23H22F3N3O4S/c1-31-19-5-3-4-15(20(19)32-2)22-28-17(13-34-22)21(30)27-16-12-14(23(24,25)26)6-7-18(16)29-8-10-33-11-9-29/h3-7,12-13H,8-11H2,1-2H3,(H,27,30). The Balaban J connectivity index is 1.64. The molecule has 2 heterocycles. The van der Waals surface area contributed by atoms with Crippen LogP contribution in [0.3, 0.4) is 0 Å². The number of halogens is 3. The highest BCUT2D eigenvalue weighted by Crippen LogP contribution is 2.39. The summed E-state index contributed by atoms with van der Waals surface area (Å²) in [6, 6.07) is 8.62. The van der Waals surface area contributed by atoms with Crippen LogP contribution >= 0.6 is 11.3 Å². The molecule has 4 rings (SSSR count). The van der Waals surface area contributed by atoms with Gasteiger partial charge in [-0.2, -0.15) is 13.2 Å². The molecule has 34 heavy (non-hydrogen) atoms. The van der Waals surface area contributed by atoms with Gasteiger partial charge in [-0.1, -0.05) is 6.07 Å². The number of para-hydroxylation sites is 1. The summed E-state index contributed by atoms with van der Waals surface area (Å²) in [6.07, 6.45) is -4.54. The number of amides is 1. The molecule has 0 aliphatic carbocycles. The Labute approximate surface area is 198 Å². The fraction of sp³-hybridized carbons (Fsp3) is 0.304. The van der Waals surface area contributed by atoms with Gasteiger partial charge in [-0.05, 0) is 30.3 Å². The number of aromatic nitrogens is 1. The first-order valence-electron chi connectivity index (χ1n) is 10.3. The van der Waals surface area contributed by atoms with Crippen molar-refractivity contribution in [3.8, 4) is 22.1 Å². The minimum Gasteiger partial charge on any atom is -0.493 e. The summed E-state index contributed by atoms with van der Waals surface area (Å²) in [5, 5.41) is 4.68. The van der Waals surface area contributed by atoms with Crippen molar-refractivity contribution >= 4 is 28.6 Å². The van der Waals surface area contributed by atoms with E-state index >= 15 is 0 Å². The normalized spacial score (nSPS) is 14.1. The Bertz CT molecular complexity index is 1180. The van der Waals surface area contributed by atoms with Gasteiger partial charge in [-0.3, -0.25) is 4.79 Å². The molecule has 1 fully saturated rings. The number of hydrogen-bond acceptors (Lipinski definition) is 7. The van der Waals surface area contributed by atoms with Gasteiger partial charge in [0.05, 0.1) is 49.9 Å². The third-order valence-corrected chi connectivity index (χ3v) is 6.17. The Morgan fingerprint density at radius 3 is 2.59 bits per heavy atom. The Morgan fingerprint density at radius 1 is 1.15 bits per heavy atom. The molecule has 1 N–H and O–H groups in total. The number of anilines is 2. The Hall–Kier alpha value is -3.31. The first-order chi connectivity index (χ1) is 16.3. The van der Waals surface area contributed by atoms with Crippen LogP contribution in [0.15, 0.2) is 41.8 Å². The molecule has 1 amide bonds. The SMILES string of the molecule is COc1cccc(-c2nc(C(=O)Nc3cc(C(F)(F)F)ccc3N3CCOCC3)cs2)c1OC. The van der Waals surface area contributed by atoms with E-state index in [4.69, 9.17) is 14.2 Å². The van der Waals surface area contributed by atoms with Gasteiger partial charge in [0.2, 0.25) is 0 Å². The summed E-state index contributed by atoms with van der Waals surface area (Å²) >= 11 is 1.22. The van der Waals surface area contributed by atoms with Crippen LogP contribution in [0.2, 0.25) is 0 Å². The number of methoxy groups -OCH3 is 2. The number of hydrogen-bond donors (Lipinski definition) is 1. The van der Waals surface area contributed by atoms with E-state index in [0.717, 1.165) is 12.1 Å². The van der Waals surface area contributed by atoms with E-state index in [2.05, 4.69) is 10.3 Å². The van der Waals surface area contributed by atoms with Crippen LogP contribution in [0.4, 0.5) is 24.5 Å². The van der Waals surface area contributed by atoms with Crippen molar-refractivity contribution in [3.63, 3.8) is 0 Å². The molecule has 0 saturated carbocycles. The average molecular weight is 494 g/mol. The van der Waals surface area contributed by atoms with E-state index in [-0.39, 0.29) is 11.4 Å². The maximum atomic E-state index is 13.3. The highest BCUT2D eigenvalue weighted by Gasteiger charge is 2.32. The molecule has 0 spiro atoms. The third-order valence-electron chi connectivity index (χ3n) is 5.29. The fourth-order valence-electron chi connectivity index (χ4n) is 3.64. The molecule has 2 aromatic carbocycles. The molecule has 11 heteroatoms. The van der Waals surface area contributed by atoms with E-state index in [9.17, 15) is 18.0 Å². The molecule has 0 atom stereocenters. The van der Waals surface area contributed by atoms with Crippen LogP contribution in [0.25, 0.3) is 10.6 Å². The zero-order valence-corrected chi connectivity index (χ0v) is 19.3. The van der Waals surface area contributed by atoms with Crippen molar-refractivity contribution in [2.24, 2.45) is 0 Å². The molecule has 1 aliphatic heterocycles. The number of carbonyl (C=O) groups is 1. The van der Waals surface area contributed by atoms with Crippen molar-refractivity contribution < 1.29 is 32.2 Å². The first kappa shape index (κ1) is 23.8. The number of nitrogens with one attached hydrogen (secondary N) is 1. The summed E-state index contributed by atoms with van der Waals surface area (Å²) in [4.78, 5) is 19.3. The summed E-state index contributed by atoms with van der Waals surface area (Å²) in [5.74, 6) is 0.373. The van der Waals surface area contributed by atoms with Crippen LogP contribution in [0, 0.1) is 0 Å². The molecule has 180 valence electrons. The third kappa shape index (κ3) is 4.95. The van der Waals surface area contributed by atoms with Gasteiger partial charge < -0.3 is 24.4 Å². The van der Waals surface area contributed by atoms with Crippen LogP contribution in [0.5, 0.6) is 11.5 Å². The van der Waals surface area contributed by atoms with Gasteiger partial charge >= 0.3 is 6.18 Å². The van der Waals surface area contributed by atoms with Gasteiger partial charge in [-0.15, -0.1) is 11.3 Å². The number of benzene rings is 2. The molecular weight excluding hydrogens is 471 g/mol. The van der Waals surface area contributed by atoms with Crippen molar-refractivity contribution in [3.05, 3.63) is 53.0 Å². The van der Waals surface area contributed by atoms with Gasteiger partial charge in [0.25, 0.3) is 5.91 Å². The number of morpholine rings is 1. The Morgan fingerprint density at radius 2 is 1.91 bits per heavy atom. The lowest BCUT2D eigenvalue weighted by atomic mass is 10.1. The molecular formula is C23H22F3N3O4S. The number of alkyl halides is 3. The summed E-state index contributed by atoms with van der Waals surface area (Å²) in [7, 11) is 3.02. The number of rotatable bonds is 6. The van der Waals surface area contributed by atoms with Crippen molar-refractivity contribution in [2.75, 3.05) is 50.7 Å². The lowest BCUT2D eigenvalue weighted by Gasteiger charge is -2.31. The maximum absolute atomic E-state index is 13.3. The number of thiazole rings is 1. The van der Waals surface area contributed by atoms with E-state index in [1.54, 1.807) is 23.6 Å². The largest absolute Gasteiger partial charge is 0.493 e. The fourth-order valence-corrected chi connectivity index (χ4v) is 4.46. The second-order valence-corrected chi connectivity index (χ2v) is 8.22. The highest BCUT2D eigenvalue weighted by atomic mass is 32.1. The van der Waals surface area contributed by atoms with Gasteiger partial charge in [0.15, 0.2) is 11.5 Å². The van der Waals surface area contributed by atoms with Crippen LogP contribution < -0.4 is 19.7 Å². The lowest BCUT2D eigenvalue weighted by Crippen LogP contribution is -2.36. The van der Waals surface area contributed by atoms with E-state index in [1.165, 1.54) is 31.6 Å². The second kappa shape index (κ2) is 9.90. The Kier molecular flexibility index (Phi) is 6.94. The molecule has 1 aliphatic rings. The zero-order valence-electron chi connectivity index (χ0n) is 18.4. The second-order valence-electron chi connectivity index (χ2n) is 7.36. The van der Waals surface area contributed by atoms with Crippen molar-refractivity contribution in [2.45, 2.75) is 6.18 Å². The van der Waals surface area contributed by atoms with Gasteiger partial charge in [0, 0.05) is 18.5 Å². The highest BCUT2D eigenvalue weighted by molar-refractivity contribution is 7.13. The van der Waals surface area contributed by atoms with Crippen molar-refractivity contribution in [1.82, 2.24) is 4.98 Å². The molecule has 1 aromatic heterocycles. The minimum absolute atomic E-state index is 0.0650. The molecule has 1 saturated heterocycles. The topological polar surface area (TPSA) is 72.9 Å². The van der Waals surface area contributed by atoms with Crippen LogP contribution in [-0.2, 0) is 10.9 Å². The minimum atomic E-state index is -4.54. The summed E-state index contributed by atoms with van der Waals surface area (Å²) in [5.41, 5.74) is 0.430. The monoisotopic (exact) mass is 493 g/mol. The predicted octanol–water partition coefficient (Wildman–Crippen LogP) is 4.94. The number of ether oxygens (including phenoxy) is 3. The van der Waals surface area contributed by atoms with Gasteiger partial charge in [-0.25, -0.2) is 4.98 Å². The summed E-state index contributed by atoms with van der Waals surface area (Å²) < 4.78 is 56.1. The molecule has 0 bridgehead atoms. The van der Waals surface area contributed by atoms with E-state index < -0.39 is 17.6 Å². The summed E-state index contributed by atoms with van der Waals surface area (Å²) in [6.45, 7) is 1.91. The quantitative estimate of drug-likeness (QED) is 0.525. The molecule has 7 nitrogen and oxygen atoms in total. The smallest absolute Gasteiger partial charge is 0.416 e. The van der Waals surface area contributed by atoms with E-state index in [0.29, 0.717) is 54.1 Å². The van der Waals surface area contributed by atoms with Crippen LogP contribution in [0.1, 0.15) is 16.1 Å². The lowest BCUT2D eigenvalue weighted by molar-refractivity contribution is -0.137. The molecule has 3 aromatic rings.